The zero-order valence-electron chi connectivity index (χ0n) is 20.8. The molecule has 0 atom stereocenters. The molecule has 0 bridgehead atoms. The fraction of sp³-hybridized carbons (Fsp3) is 0.296. The lowest BCUT2D eigenvalue weighted by Gasteiger charge is -2.35. The summed E-state index contributed by atoms with van der Waals surface area (Å²) in [4.78, 5) is 25.1. The van der Waals surface area contributed by atoms with Crippen LogP contribution >= 0.6 is 0 Å². The van der Waals surface area contributed by atoms with Crippen LogP contribution in [0.1, 0.15) is 28.8 Å². The summed E-state index contributed by atoms with van der Waals surface area (Å²) >= 11 is 0. The van der Waals surface area contributed by atoms with E-state index < -0.39 is 17.6 Å². The molecule has 8 nitrogen and oxygen atoms in total. The molecule has 1 saturated heterocycles. The third-order valence-corrected chi connectivity index (χ3v) is 6.63. The third-order valence-electron chi connectivity index (χ3n) is 6.63. The van der Waals surface area contributed by atoms with Crippen LogP contribution < -0.4 is 0 Å². The van der Waals surface area contributed by atoms with Gasteiger partial charge >= 0.3 is 6.18 Å². The number of piperidine rings is 1. The molecule has 0 saturated carbocycles. The van der Waals surface area contributed by atoms with Crippen molar-refractivity contribution in [3.63, 3.8) is 0 Å². The van der Waals surface area contributed by atoms with Crippen LogP contribution in [0.15, 0.2) is 65.3 Å². The first-order valence-electron chi connectivity index (χ1n) is 12.1. The molecule has 0 unspecified atom stereocenters. The number of carbonyl (C=O) groups excluding carboxylic acids is 1. The minimum atomic E-state index is -4.72. The second-order valence-electron chi connectivity index (χ2n) is 9.31. The Morgan fingerprint density at radius 2 is 1.66 bits per heavy atom. The van der Waals surface area contributed by atoms with Gasteiger partial charge in [0.15, 0.2) is 0 Å². The normalized spacial score (nSPS) is 14.7. The van der Waals surface area contributed by atoms with Crippen LogP contribution in [0, 0.1) is 0 Å². The standard InChI is InChI=1S/C27H25F3N6O2/c1-35(2)19-10-12-36(13-11-19)26(37)18-8-9-20(21(14-18)27(28,29)30)22-15-31-16-23(32-22)25-34-33-24(38-25)17-6-4-3-5-7-17/h3-9,14-16,19H,10-13H2,1-2H3. The van der Waals surface area contributed by atoms with Gasteiger partial charge in [0, 0.05) is 35.8 Å². The van der Waals surface area contributed by atoms with E-state index in [1.165, 1.54) is 24.5 Å². The molecule has 1 amide bonds. The summed E-state index contributed by atoms with van der Waals surface area (Å²) in [6, 6.07) is 13.0. The predicted molar refractivity (Wildman–Crippen MR) is 134 cm³/mol. The average Bonchev–Trinajstić information content (AvgIpc) is 3.43. The van der Waals surface area contributed by atoms with Crippen molar-refractivity contribution in [3.05, 3.63) is 72.1 Å². The van der Waals surface area contributed by atoms with Crippen molar-refractivity contribution >= 4 is 5.91 Å². The lowest BCUT2D eigenvalue weighted by molar-refractivity contribution is -0.137. The Morgan fingerprint density at radius 3 is 2.34 bits per heavy atom. The van der Waals surface area contributed by atoms with E-state index in [-0.39, 0.29) is 34.3 Å². The number of rotatable bonds is 5. The van der Waals surface area contributed by atoms with Gasteiger partial charge in [0.05, 0.1) is 23.7 Å². The van der Waals surface area contributed by atoms with Gasteiger partial charge in [-0.25, -0.2) is 4.98 Å². The van der Waals surface area contributed by atoms with Crippen LogP contribution in [0.25, 0.3) is 34.3 Å². The van der Waals surface area contributed by atoms with Crippen molar-refractivity contribution in [2.75, 3.05) is 27.2 Å². The van der Waals surface area contributed by atoms with Crippen molar-refractivity contribution in [2.24, 2.45) is 0 Å². The van der Waals surface area contributed by atoms with Gasteiger partial charge in [-0.3, -0.25) is 9.78 Å². The van der Waals surface area contributed by atoms with E-state index in [0.29, 0.717) is 24.7 Å². The van der Waals surface area contributed by atoms with E-state index in [9.17, 15) is 18.0 Å². The van der Waals surface area contributed by atoms with Gasteiger partial charge in [-0.15, -0.1) is 10.2 Å². The molecule has 0 spiro atoms. The number of hydrogen-bond acceptors (Lipinski definition) is 7. The Bertz CT molecular complexity index is 1430. The summed E-state index contributed by atoms with van der Waals surface area (Å²) in [6.45, 7) is 0.987. The van der Waals surface area contributed by atoms with Crippen molar-refractivity contribution in [1.29, 1.82) is 0 Å². The van der Waals surface area contributed by atoms with Crippen molar-refractivity contribution in [1.82, 2.24) is 30.0 Å². The molecule has 2 aromatic carbocycles. The number of alkyl halides is 3. The highest BCUT2D eigenvalue weighted by atomic mass is 19.4. The zero-order chi connectivity index (χ0) is 26.9. The fourth-order valence-electron chi connectivity index (χ4n) is 4.53. The molecule has 5 rings (SSSR count). The second kappa shape index (κ2) is 10.3. The number of aromatic nitrogens is 4. The van der Waals surface area contributed by atoms with Gasteiger partial charge in [0.2, 0.25) is 5.89 Å². The monoisotopic (exact) mass is 522 g/mol. The van der Waals surface area contributed by atoms with Crippen LogP contribution in [0.3, 0.4) is 0 Å². The lowest BCUT2D eigenvalue weighted by Crippen LogP contribution is -2.44. The van der Waals surface area contributed by atoms with Crippen LogP contribution in [0.2, 0.25) is 0 Å². The number of benzene rings is 2. The first kappa shape index (κ1) is 25.5. The summed E-state index contributed by atoms with van der Waals surface area (Å²) in [5, 5.41) is 7.98. The number of carbonyl (C=O) groups is 1. The Labute approximate surface area is 217 Å². The Balaban J connectivity index is 1.44. The minimum Gasteiger partial charge on any atom is -0.415 e. The SMILES string of the molecule is CN(C)C1CCN(C(=O)c2ccc(-c3cncc(-c4nnc(-c5ccccc5)o4)n3)c(C(F)(F)F)c2)CC1. The van der Waals surface area contributed by atoms with Crippen molar-refractivity contribution in [2.45, 2.75) is 25.1 Å². The lowest BCUT2D eigenvalue weighted by atomic mass is 9.99. The van der Waals surface area contributed by atoms with Gasteiger partial charge in [-0.1, -0.05) is 24.3 Å². The molecule has 38 heavy (non-hydrogen) atoms. The van der Waals surface area contributed by atoms with Gasteiger partial charge in [-0.05, 0) is 51.2 Å². The molecule has 2 aromatic heterocycles. The first-order valence-corrected chi connectivity index (χ1v) is 12.1. The first-order chi connectivity index (χ1) is 18.2. The maximum absolute atomic E-state index is 14.2. The number of halogens is 3. The van der Waals surface area contributed by atoms with E-state index >= 15 is 0 Å². The maximum atomic E-state index is 14.2. The topological polar surface area (TPSA) is 88.2 Å². The molecule has 4 aromatic rings. The average molecular weight is 523 g/mol. The van der Waals surface area contributed by atoms with Gasteiger partial charge in [0.1, 0.15) is 5.69 Å². The van der Waals surface area contributed by atoms with Crippen LogP contribution in [0.4, 0.5) is 13.2 Å². The highest BCUT2D eigenvalue weighted by Crippen LogP contribution is 2.38. The third kappa shape index (κ3) is 5.28. The van der Waals surface area contributed by atoms with E-state index in [2.05, 4.69) is 25.1 Å². The quantitative estimate of drug-likeness (QED) is 0.363. The van der Waals surface area contributed by atoms with Crippen molar-refractivity contribution in [3.8, 4) is 34.3 Å². The highest BCUT2D eigenvalue weighted by molar-refractivity contribution is 5.95. The molecule has 11 heteroatoms. The van der Waals surface area contributed by atoms with E-state index in [1.54, 1.807) is 17.0 Å². The molecular weight excluding hydrogens is 497 g/mol. The van der Waals surface area contributed by atoms with Gasteiger partial charge < -0.3 is 14.2 Å². The molecule has 1 fully saturated rings. The van der Waals surface area contributed by atoms with Crippen molar-refractivity contribution < 1.29 is 22.4 Å². The summed E-state index contributed by atoms with van der Waals surface area (Å²) < 4.78 is 48.1. The molecule has 196 valence electrons. The summed E-state index contributed by atoms with van der Waals surface area (Å²) in [7, 11) is 3.96. The number of nitrogens with zero attached hydrogens (tertiary/aromatic N) is 6. The summed E-state index contributed by atoms with van der Waals surface area (Å²) in [5.41, 5.74) is -0.376. The smallest absolute Gasteiger partial charge is 0.415 e. The number of amides is 1. The molecular formula is C27H25F3N6O2. The summed E-state index contributed by atoms with van der Waals surface area (Å²) in [5.74, 6) is -0.139. The maximum Gasteiger partial charge on any atom is 0.417 e. The zero-order valence-corrected chi connectivity index (χ0v) is 20.8. The van der Waals surface area contributed by atoms with Gasteiger partial charge in [0.25, 0.3) is 11.8 Å². The van der Waals surface area contributed by atoms with Gasteiger partial charge in [-0.2, -0.15) is 13.2 Å². The summed E-state index contributed by atoms with van der Waals surface area (Å²) in [6.07, 6.45) is -0.601. The van der Waals surface area contributed by atoms with E-state index in [4.69, 9.17) is 4.42 Å². The minimum absolute atomic E-state index is 0.0158. The Kier molecular flexibility index (Phi) is 6.94. The van der Waals surface area contributed by atoms with Crippen LogP contribution in [-0.2, 0) is 6.18 Å². The fourth-order valence-corrected chi connectivity index (χ4v) is 4.53. The highest BCUT2D eigenvalue weighted by Gasteiger charge is 2.36. The molecule has 1 aliphatic heterocycles. The largest absolute Gasteiger partial charge is 0.417 e. The van der Waals surface area contributed by atoms with E-state index in [0.717, 1.165) is 18.9 Å². The molecule has 1 aliphatic rings. The Hall–Kier alpha value is -4.12. The van der Waals surface area contributed by atoms with E-state index in [1.807, 2.05) is 32.3 Å². The molecule has 0 N–H and O–H groups in total. The molecule has 0 aliphatic carbocycles. The Morgan fingerprint density at radius 1 is 0.974 bits per heavy atom. The van der Waals surface area contributed by atoms with Crippen LogP contribution in [0.5, 0.6) is 0 Å². The molecule has 0 radical (unpaired) electrons. The predicted octanol–water partition coefficient (Wildman–Crippen LogP) is 5.05. The number of hydrogen-bond donors (Lipinski definition) is 0. The molecule has 3 heterocycles. The second-order valence-corrected chi connectivity index (χ2v) is 9.31. The van der Waals surface area contributed by atoms with Crippen LogP contribution in [-0.4, -0.2) is 69.1 Å². The number of likely N-dealkylation sites (tertiary alicyclic amines) is 1.